The van der Waals surface area contributed by atoms with Crippen LogP contribution >= 0.6 is 0 Å². The largest absolute Gasteiger partial charge is 0.340 e. The summed E-state index contributed by atoms with van der Waals surface area (Å²) < 4.78 is 0. The van der Waals surface area contributed by atoms with E-state index in [-0.39, 0.29) is 5.91 Å². The molecule has 0 aliphatic heterocycles. The second kappa shape index (κ2) is 5.46. The number of carbonyl (C=O) groups excluding carboxylic acids is 1. The number of hydrogen-bond acceptors (Lipinski definition) is 3. The van der Waals surface area contributed by atoms with Gasteiger partial charge in [0.15, 0.2) is 0 Å². The number of hydrogen-bond donors (Lipinski definition) is 1. The fraction of sp³-hybridized carbons (Fsp3) is 0.455. The summed E-state index contributed by atoms with van der Waals surface area (Å²) >= 11 is 0. The number of pyridine rings is 1. The molecule has 1 rings (SSSR count). The Morgan fingerprint density at radius 1 is 1.53 bits per heavy atom. The smallest absolute Gasteiger partial charge is 0.255 e. The number of likely N-dealkylation sites (N-methyl/N-ethyl adjacent to an activating group) is 1. The molecule has 0 bridgehead atoms. The number of aromatic nitrogens is 1. The SMILES string of the molecule is CCc1cncc(C(=O)N(C)CCN)c1. The zero-order valence-electron chi connectivity index (χ0n) is 9.23. The Morgan fingerprint density at radius 3 is 2.87 bits per heavy atom. The van der Waals surface area contributed by atoms with Crippen molar-refractivity contribution >= 4 is 5.91 Å². The first-order valence-electron chi connectivity index (χ1n) is 5.08. The maximum Gasteiger partial charge on any atom is 0.255 e. The van der Waals surface area contributed by atoms with Gasteiger partial charge in [-0.1, -0.05) is 6.92 Å². The van der Waals surface area contributed by atoms with Crippen LogP contribution in [0.25, 0.3) is 0 Å². The molecule has 0 aliphatic rings. The molecule has 0 unspecified atom stereocenters. The Balaban J connectivity index is 2.81. The van der Waals surface area contributed by atoms with Crippen molar-refractivity contribution in [1.82, 2.24) is 9.88 Å². The van der Waals surface area contributed by atoms with Crippen molar-refractivity contribution in [2.75, 3.05) is 20.1 Å². The normalized spacial score (nSPS) is 10.1. The van der Waals surface area contributed by atoms with Crippen LogP contribution in [0, 0.1) is 0 Å². The molecule has 1 aromatic rings. The lowest BCUT2D eigenvalue weighted by Crippen LogP contribution is -2.31. The summed E-state index contributed by atoms with van der Waals surface area (Å²) in [6.45, 7) is 3.08. The highest BCUT2D eigenvalue weighted by Crippen LogP contribution is 2.05. The van der Waals surface area contributed by atoms with E-state index in [2.05, 4.69) is 4.98 Å². The van der Waals surface area contributed by atoms with E-state index in [9.17, 15) is 4.79 Å². The molecule has 1 heterocycles. The van der Waals surface area contributed by atoms with Gasteiger partial charge < -0.3 is 10.6 Å². The van der Waals surface area contributed by atoms with Crippen molar-refractivity contribution in [3.05, 3.63) is 29.6 Å². The van der Waals surface area contributed by atoms with E-state index in [0.29, 0.717) is 18.7 Å². The summed E-state index contributed by atoms with van der Waals surface area (Å²) in [6.07, 6.45) is 4.25. The monoisotopic (exact) mass is 207 g/mol. The number of amides is 1. The quantitative estimate of drug-likeness (QED) is 0.789. The predicted octanol–water partition coefficient (Wildman–Crippen LogP) is 0.675. The third-order valence-corrected chi connectivity index (χ3v) is 2.26. The minimum atomic E-state index is -0.0248. The molecule has 0 atom stereocenters. The van der Waals surface area contributed by atoms with Gasteiger partial charge in [-0.05, 0) is 18.1 Å². The van der Waals surface area contributed by atoms with Crippen LogP contribution in [0.1, 0.15) is 22.8 Å². The highest BCUT2D eigenvalue weighted by Gasteiger charge is 2.11. The first kappa shape index (κ1) is 11.7. The second-order valence-corrected chi connectivity index (χ2v) is 3.45. The van der Waals surface area contributed by atoms with Crippen LogP contribution in [0.5, 0.6) is 0 Å². The predicted molar refractivity (Wildman–Crippen MR) is 59.6 cm³/mol. The summed E-state index contributed by atoms with van der Waals surface area (Å²) in [4.78, 5) is 17.5. The average Bonchev–Trinajstić information content (AvgIpc) is 2.28. The lowest BCUT2D eigenvalue weighted by molar-refractivity contribution is 0.0798. The zero-order chi connectivity index (χ0) is 11.3. The molecule has 0 fully saturated rings. The van der Waals surface area contributed by atoms with E-state index in [4.69, 9.17) is 5.73 Å². The van der Waals surface area contributed by atoms with Gasteiger partial charge in [0.1, 0.15) is 0 Å². The van der Waals surface area contributed by atoms with E-state index in [1.807, 2.05) is 13.0 Å². The Bertz CT molecular complexity index is 338. The Kier molecular flexibility index (Phi) is 4.24. The summed E-state index contributed by atoms with van der Waals surface area (Å²) in [6, 6.07) is 1.88. The van der Waals surface area contributed by atoms with E-state index in [0.717, 1.165) is 12.0 Å². The molecule has 0 saturated carbocycles. The molecule has 1 aromatic heterocycles. The summed E-state index contributed by atoms with van der Waals surface area (Å²) in [7, 11) is 1.74. The van der Waals surface area contributed by atoms with Crippen LogP contribution in [0.4, 0.5) is 0 Å². The Morgan fingerprint density at radius 2 is 2.27 bits per heavy atom. The van der Waals surface area contributed by atoms with Crippen molar-refractivity contribution in [3.8, 4) is 0 Å². The number of rotatable bonds is 4. The van der Waals surface area contributed by atoms with Crippen molar-refractivity contribution in [2.45, 2.75) is 13.3 Å². The third kappa shape index (κ3) is 3.02. The summed E-state index contributed by atoms with van der Waals surface area (Å²) in [5, 5.41) is 0. The molecule has 1 amide bonds. The molecular weight excluding hydrogens is 190 g/mol. The van der Waals surface area contributed by atoms with Crippen LogP contribution in [-0.2, 0) is 6.42 Å². The maximum absolute atomic E-state index is 11.8. The van der Waals surface area contributed by atoms with Crippen LogP contribution in [0.15, 0.2) is 18.5 Å². The highest BCUT2D eigenvalue weighted by molar-refractivity contribution is 5.93. The first-order chi connectivity index (χ1) is 7.19. The second-order valence-electron chi connectivity index (χ2n) is 3.45. The molecule has 2 N–H and O–H groups in total. The lowest BCUT2D eigenvalue weighted by atomic mass is 10.1. The molecule has 0 saturated heterocycles. The van der Waals surface area contributed by atoms with E-state index >= 15 is 0 Å². The van der Waals surface area contributed by atoms with Crippen molar-refractivity contribution in [2.24, 2.45) is 5.73 Å². The zero-order valence-corrected chi connectivity index (χ0v) is 9.23. The van der Waals surface area contributed by atoms with Crippen LogP contribution in [0.3, 0.4) is 0 Å². The Hall–Kier alpha value is -1.42. The molecular formula is C11H17N3O. The fourth-order valence-electron chi connectivity index (χ4n) is 1.31. The van der Waals surface area contributed by atoms with Gasteiger partial charge in [0.25, 0.3) is 5.91 Å². The molecule has 0 spiro atoms. The number of carbonyl (C=O) groups is 1. The standard InChI is InChI=1S/C11H17N3O/c1-3-9-6-10(8-13-7-9)11(15)14(2)5-4-12/h6-8H,3-5,12H2,1-2H3. The molecule has 0 aromatic carbocycles. The minimum absolute atomic E-state index is 0.0248. The van der Waals surface area contributed by atoms with Crippen LogP contribution in [-0.4, -0.2) is 35.9 Å². The van der Waals surface area contributed by atoms with Gasteiger partial charge in [0.05, 0.1) is 5.56 Å². The van der Waals surface area contributed by atoms with Gasteiger partial charge in [0.2, 0.25) is 0 Å². The fourth-order valence-corrected chi connectivity index (χ4v) is 1.31. The van der Waals surface area contributed by atoms with Crippen molar-refractivity contribution < 1.29 is 4.79 Å². The first-order valence-corrected chi connectivity index (χ1v) is 5.08. The molecule has 0 radical (unpaired) electrons. The van der Waals surface area contributed by atoms with Crippen molar-refractivity contribution in [1.29, 1.82) is 0 Å². The van der Waals surface area contributed by atoms with Gasteiger partial charge in [-0.15, -0.1) is 0 Å². The lowest BCUT2D eigenvalue weighted by Gasteiger charge is -2.15. The van der Waals surface area contributed by atoms with E-state index in [1.54, 1.807) is 24.3 Å². The topological polar surface area (TPSA) is 59.2 Å². The highest BCUT2D eigenvalue weighted by atomic mass is 16.2. The van der Waals surface area contributed by atoms with E-state index < -0.39 is 0 Å². The summed E-state index contributed by atoms with van der Waals surface area (Å²) in [5.74, 6) is -0.0248. The number of nitrogens with two attached hydrogens (primary N) is 1. The summed E-state index contributed by atoms with van der Waals surface area (Å²) in [5.41, 5.74) is 7.09. The van der Waals surface area contributed by atoms with E-state index in [1.165, 1.54) is 0 Å². The van der Waals surface area contributed by atoms with Crippen LogP contribution < -0.4 is 5.73 Å². The van der Waals surface area contributed by atoms with Gasteiger partial charge in [-0.2, -0.15) is 0 Å². The van der Waals surface area contributed by atoms with Crippen LogP contribution in [0.2, 0.25) is 0 Å². The van der Waals surface area contributed by atoms with Gasteiger partial charge in [-0.3, -0.25) is 9.78 Å². The average molecular weight is 207 g/mol. The molecule has 82 valence electrons. The number of aryl methyl sites for hydroxylation is 1. The van der Waals surface area contributed by atoms with Crippen molar-refractivity contribution in [3.63, 3.8) is 0 Å². The molecule has 15 heavy (non-hydrogen) atoms. The van der Waals surface area contributed by atoms with Gasteiger partial charge in [-0.25, -0.2) is 0 Å². The van der Waals surface area contributed by atoms with Gasteiger partial charge >= 0.3 is 0 Å². The Labute approximate surface area is 90.1 Å². The minimum Gasteiger partial charge on any atom is -0.340 e. The maximum atomic E-state index is 11.8. The number of nitrogens with zero attached hydrogens (tertiary/aromatic N) is 2. The van der Waals surface area contributed by atoms with Gasteiger partial charge in [0, 0.05) is 32.5 Å². The third-order valence-electron chi connectivity index (χ3n) is 2.26. The molecule has 0 aliphatic carbocycles. The molecule has 4 heteroatoms. The molecule has 4 nitrogen and oxygen atoms in total.